The van der Waals surface area contributed by atoms with Crippen molar-refractivity contribution in [3.05, 3.63) is 41.6 Å². The number of aliphatic hydroxyl groups is 1. The van der Waals surface area contributed by atoms with Gasteiger partial charge in [-0.2, -0.15) is 0 Å². The molecule has 3 rings (SSSR count). The van der Waals surface area contributed by atoms with Crippen molar-refractivity contribution in [1.29, 1.82) is 0 Å². The summed E-state index contributed by atoms with van der Waals surface area (Å²) < 4.78 is 46.0. The van der Waals surface area contributed by atoms with E-state index in [0.717, 1.165) is 23.1 Å². The first-order valence-electron chi connectivity index (χ1n) is 9.95. The van der Waals surface area contributed by atoms with Gasteiger partial charge in [0.25, 0.3) is 5.91 Å². The van der Waals surface area contributed by atoms with Crippen molar-refractivity contribution >= 4 is 22.9 Å². The van der Waals surface area contributed by atoms with Gasteiger partial charge in [0.15, 0.2) is 0 Å². The average molecular weight is 441 g/mol. The van der Waals surface area contributed by atoms with Crippen LogP contribution < -0.4 is 10.6 Å². The van der Waals surface area contributed by atoms with Gasteiger partial charge in [-0.15, -0.1) is 13.2 Å². The maximum absolute atomic E-state index is 12.4. The monoisotopic (exact) mass is 441 g/mol. The largest absolute Gasteiger partial charge is 0.522 e. The number of alkyl halides is 3. The second kappa shape index (κ2) is 9.71. The number of ether oxygens (including phenoxy) is 2. The van der Waals surface area contributed by atoms with E-state index in [9.17, 15) is 23.1 Å². The Balaban J connectivity index is 1.80. The van der Waals surface area contributed by atoms with Crippen molar-refractivity contribution in [3.8, 4) is 0 Å². The number of halogens is 3. The molecule has 0 aromatic heterocycles. The molecule has 0 bridgehead atoms. The second-order valence-electron chi connectivity index (χ2n) is 7.48. The number of hydrogen-bond acceptors (Lipinski definition) is 6. The number of carbonyl (C=O) groups excluding carboxylic acids is 1. The highest BCUT2D eigenvalue weighted by molar-refractivity contribution is 5.97. The molecule has 2 heterocycles. The van der Waals surface area contributed by atoms with Crippen LogP contribution in [0.4, 0.5) is 24.5 Å². The minimum Gasteiger partial charge on any atom is -0.381 e. The van der Waals surface area contributed by atoms with Gasteiger partial charge >= 0.3 is 6.36 Å². The molecule has 2 aliphatic rings. The third kappa shape index (κ3) is 6.22. The molecule has 7 nitrogen and oxygen atoms in total. The molecule has 1 aromatic carbocycles. The molecule has 3 N–H and O–H groups in total. The van der Waals surface area contributed by atoms with E-state index in [1.54, 1.807) is 43.3 Å². The SMILES string of the molecule is CC1=CC(c2ccc(NC(=O)[C@H]3CCCO3)c(NCCOC(F)(F)F)c2)=CN(C)C1O. The first-order chi connectivity index (χ1) is 14.6. The van der Waals surface area contributed by atoms with Gasteiger partial charge in [0.2, 0.25) is 0 Å². The van der Waals surface area contributed by atoms with Crippen molar-refractivity contribution < 1.29 is 32.5 Å². The van der Waals surface area contributed by atoms with E-state index in [1.165, 1.54) is 0 Å². The normalized spacial score (nSPS) is 21.5. The molecule has 31 heavy (non-hydrogen) atoms. The minimum absolute atomic E-state index is 0.113. The van der Waals surface area contributed by atoms with E-state index in [2.05, 4.69) is 15.4 Å². The number of nitrogens with one attached hydrogen (secondary N) is 2. The van der Waals surface area contributed by atoms with Crippen LogP contribution in [0.2, 0.25) is 0 Å². The maximum Gasteiger partial charge on any atom is 0.522 e. The number of anilines is 2. The first-order valence-corrected chi connectivity index (χ1v) is 9.95. The van der Waals surface area contributed by atoms with Crippen LogP contribution in [0, 0.1) is 0 Å². The predicted octanol–water partition coefficient (Wildman–Crippen LogP) is 3.30. The zero-order valence-electron chi connectivity index (χ0n) is 17.3. The zero-order chi connectivity index (χ0) is 22.6. The molecule has 0 aliphatic carbocycles. The first kappa shape index (κ1) is 23.1. The van der Waals surface area contributed by atoms with Crippen LogP contribution in [0.25, 0.3) is 5.57 Å². The minimum atomic E-state index is -4.71. The lowest BCUT2D eigenvalue weighted by atomic mass is 9.99. The summed E-state index contributed by atoms with van der Waals surface area (Å²) in [4.78, 5) is 14.1. The number of likely N-dealkylation sites (N-methyl/N-ethyl adjacent to an activating group) is 1. The van der Waals surface area contributed by atoms with Gasteiger partial charge in [-0.25, -0.2) is 0 Å². The quantitative estimate of drug-likeness (QED) is 0.564. The number of nitrogens with zero attached hydrogens (tertiary/aromatic N) is 1. The fourth-order valence-electron chi connectivity index (χ4n) is 3.46. The number of rotatable bonds is 7. The Morgan fingerprint density at radius 3 is 2.77 bits per heavy atom. The summed E-state index contributed by atoms with van der Waals surface area (Å²) in [7, 11) is 1.74. The molecule has 1 aromatic rings. The summed E-state index contributed by atoms with van der Waals surface area (Å²) in [5.41, 5.74) is 3.23. The van der Waals surface area contributed by atoms with Gasteiger partial charge in [-0.1, -0.05) is 6.07 Å². The van der Waals surface area contributed by atoms with Crippen molar-refractivity contribution in [1.82, 2.24) is 4.90 Å². The molecule has 1 fully saturated rings. The van der Waals surface area contributed by atoms with E-state index in [0.29, 0.717) is 24.4 Å². The lowest BCUT2D eigenvalue weighted by molar-refractivity contribution is -0.322. The van der Waals surface area contributed by atoms with Crippen LogP contribution in [0.1, 0.15) is 25.3 Å². The molecule has 1 amide bonds. The van der Waals surface area contributed by atoms with E-state index in [1.807, 2.05) is 6.08 Å². The predicted molar refractivity (Wildman–Crippen MR) is 110 cm³/mol. The van der Waals surface area contributed by atoms with Crippen LogP contribution in [0.3, 0.4) is 0 Å². The van der Waals surface area contributed by atoms with E-state index < -0.39 is 25.3 Å². The van der Waals surface area contributed by atoms with Gasteiger partial charge in [0.1, 0.15) is 12.3 Å². The van der Waals surface area contributed by atoms with Crippen LogP contribution in [0.15, 0.2) is 36.0 Å². The summed E-state index contributed by atoms with van der Waals surface area (Å²) >= 11 is 0. The van der Waals surface area contributed by atoms with Crippen LogP contribution >= 0.6 is 0 Å². The Bertz CT molecular complexity index is 864. The Morgan fingerprint density at radius 2 is 2.13 bits per heavy atom. The van der Waals surface area contributed by atoms with Crippen molar-refractivity contribution in [2.75, 3.05) is 37.4 Å². The van der Waals surface area contributed by atoms with Crippen LogP contribution in [0.5, 0.6) is 0 Å². The average Bonchev–Trinajstić information content (AvgIpc) is 3.24. The van der Waals surface area contributed by atoms with E-state index >= 15 is 0 Å². The van der Waals surface area contributed by atoms with E-state index in [4.69, 9.17) is 4.74 Å². The highest BCUT2D eigenvalue weighted by atomic mass is 19.4. The molecular weight excluding hydrogens is 415 g/mol. The smallest absolute Gasteiger partial charge is 0.381 e. The number of allylic oxidation sites excluding steroid dienone is 2. The molecule has 0 spiro atoms. The Labute approximate surface area is 178 Å². The molecule has 1 unspecified atom stereocenters. The Morgan fingerprint density at radius 1 is 1.35 bits per heavy atom. The van der Waals surface area contributed by atoms with Gasteiger partial charge in [0.05, 0.1) is 18.0 Å². The molecular formula is C21H26F3N3O4. The molecule has 10 heteroatoms. The second-order valence-corrected chi connectivity index (χ2v) is 7.48. The Kier molecular flexibility index (Phi) is 7.24. The topological polar surface area (TPSA) is 83.1 Å². The fourth-order valence-corrected chi connectivity index (χ4v) is 3.46. The van der Waals surface area contributed by atoms with Gasteiger partial charge in [-0.3, -0.25) is 9.53 Å². The van der Waals surface area contributed by atoms with Crippen LogP contribution in [-0.2, 0) is 14.3 Å². The molecule has 170 valence electrons. The number of benzene rings is 1. The van der Waals surface area contributed by atoms with Gasteiger partial charge < -0.3 is 25.4 Å². The Hall–Kier alpha value is -2.56. The molecule has 2 atom stereocenters. The van der Waals surface area contributed by atoms with Gasteiger partial charge in [-0.05, 0) is 54.7 Å². The lowest BCUT2D eigenvalue weighted by Gasteiger charge is -2.28. The summed E-state index contributed by atoms with van der Waals surface area (Å²) in [5, 5.41) is 15.7. The fraction of sp³-hybridized carbons (Fsp3) is 0.476. The molecule has 0 radical (unpaired) electrons. The third-order valence-corrected chi connectivity index (χ3v) is 5.04. The number of carbonyl (C=O) groups is 1. The molecule has 1 saturated heterocycles. The van der Waals surface area contributed by atoms with Crippen molar-refractivity contribution in [3.63, 3.8) is 0 Å². The van der Waals surface area contributed by atoms with Gasteiger partial charge in [0, 0.05) is 26.4 Å². The lowest BCUT2D eigenvalue weighted by Crippen LogP contribution is -2.30. The summed E-state index contributed by atoms with van der Waals surface area (Å²) in [6.45, 7) is 1.63. The number of aliphatic hydroxyl groups excluding tert-OH is 1. The molecule has 2 aliphatic heterocycles. The van der Waals surface area contributed by atoms with Crippen molar-refractivity contribution in [2.45, 2.75) is 38.5 Å². The number of hydrogen-bond donors (Lipinski definition) is 3. The number of amides is 1. The summed E-state index contributed by atoms with van der Waals surface area (Å²) in [6.07, 6.45) is -0.932. The van der Waals surface area contributed by atoms with E-state index in [-0.39, 0.29) is 12.5 Å². The zero-order valence-corrected chi connectivity index (χ0v) is 17.3. The highest BCUT2D eigenvalue weighted by Gasteiger charge is 2.28. The standard InChI is InChI=1S/C21H26F3N3O4/c1-13-10-15(12-27(2)20(13)29)14-5-6-16(26-19(28)18-4-3-8-30-18)17(11-14)25-7-9-31-21(22,23)24/h5-6,10-12,18,20,25,29H,3-4,7-9H2,1-2H3,(H,26,28)/t18-,20?/m1/s1. The van der Waals surface area contributed by atoms with Crippen LogP contribution in [-0.4, -0.2) is 61.4 Å². The maximum atomic E-state index is 12.4. The summed E-state index contributed by atoms with van der Waals surface area (Å²) in [5.74, 6) is -0.296. The summed E-state index contributed by atoms with van der Waals surface area (Å²) in [6, 6.07) is 5.22. The van der Waals surface area contributed by atoms with Crippen molar-refractivity contribution in [2.24, 2.45) is 0 Å². The highest BCUT2D eigenvalue weighted by Crippen LogP contribution is 2.31. The molecule has 0 saturated carbocycles. The third-order valence-electron chi connectivity index (χ3n) is 5.04.